The Morgan fingerprint density at radius 3 is 2.34 bits per heavy atom. The molecule has 1 aliphatic heterocycles. The highest BCUT2D eigenvalue weighted by molar-refractivity contribution is 6.51. The number of amides is 1. The molecule has 2 heterocycles. The van der Waals surface area contributed by atoms with Crippen LogP contribution in [0.2, 0.25) is 0 Å². The van der Waals surface area contributed by atoms with Crippen LogP contribution in [0.5, 0.6) is 17.2 Å². The van der Waals surface area contributed by atoms with Gasteiger partial charge in [-0.25, -0.2) is 0 Å². The molecule has 1 unspecified atom stereocenters. The summed E-state index contributed by atoms with van der Waals surface area (Å²) in [6, 6.07) is 10.7. The molecule has 9 nitrogen and oxygen atoms in total. The zero-order chi connectivity index (χ0) is 25.3. The quantitative estimate of drug-likeness (QED) is 0.303. The number of rotatable bonds is 7. The molecule has 182 valence electrons. The van der Waals surface area contributed by atoms with Crippen LogP contribution in [-0.4, -0.2) is 42.8 Å². The second-order valence-corrected chi connectivity index (χ2v) is 7.99. The summed E-state index contributed by atoms with van der Waals surface area (Å²) in [6.45, 7) is 5.79. The van der Waals surface area contributed by atoms with Gasteiger partial charge in [-0.1, -0.05) is 11.2 Å². The number of carbonyl (C=O) groups is 2. The normalized spacial score (nSPS) is 17.1. The number of nitrogens with zero attached hydrogens (tertiary/aromatic N) is 2. The predicted molar refractivity (Wildman–Crippen MR) is 128 cm³/mol. The predicted octanol–water partition coefficient (Wildman–Crippen LogP) is 4.33. The number of ketones is 1. The van der Waals surface area contributed by atoms with Crippen LogP contribution >= 0.6 is 0 Å². The van der Waals surface area contributed by atoms with Gasteiger partial charge >= 0.3 is 5.91 Å². The van der Waals surface area contributed by atoms with Crippen molar-refractivity contribution in [2.45, 2.75) is 26.8 Å². The van der Waals surface area contributed by atoms with Gasteiger partial charge < -0.3 is 23.8 Å². The number of Topliss-reactive ketones (excluding diaryl/α,β-unsaturated/α-hetero) is 1. The number of benzene rings is 2. The number of aliphatic hydroxyl groups excluding tert-OH is 1. The number of carbonyl (C=O) groups excluding carboxylic acids is 2. The molecule has 1 saturated heterocycles. The number of aliphatic hydroxyl groups is 1. The Bertz CT molecular complexity index is 1320. The molecule has 1 aromatic heterocycles. The zero-order valence-electron chi connectivity index (χ0n) is 20.1. The Morgan fingerprint density at radius 1 is 1.03 bits per heavy atom. The van der Waals surface area contributed by atoms with Gasteiger partial charge in [0.1, 0.15) is 17.3 Å². The van der Waals surface area contributed by atoms with Crippen LogP contribution in [0.4, 0.5) is 5.82 Å². The Hall–Kier alpha value is -4.27. The van der Waals surface area contributed by atoms with Gasteiger partial charge in [-0.3, -0.25) is 14.5 Å². The van der Waals surface area contributed by atoms with Gasteiger partial charge in [0.15, 0.2) is 17.3 Å². The van der Waals surface area contributed by atoms with Gasteiger partial charge in [0.05, 0.1) is 32.4 Å². The third-order valence-corrected chi connectivity index (χ3v) is 5.78. The van der Waals surface area contributed by atoms with E-state index in [9.17, 15) is 14.7 Å². The van der Waals surface area contributed by atoms with E-state index in [-0.39, 0.29) is 17.2 Å². The minimum atomic E-state index is -0.980. The maximum atomic E-state index is 13.3. The Kier molecular flexibility index (Phi) is 6.50. The molecule has 0 spiro atoms. The summed E-state index contributed by atoms with van der Waals surface area (Å²) in [5.74, 6) is 0.216. The van der Waals surface area contributed by atoms with E-state index >= 15 is 0 Å². The van der Waals surface area contributed by atoms with Crippen molar-refractivity contribution in [2.24, 2.45) is 0 Å². The SMILES string of the molecule is CCOc1ccc(C2C(=C(O)c3ccc(OC)c(C)c3)C(=O)C(=O)N2c2cc(C)on2)cc1OC. The molecular formula is C26H26N2O7. The molecule has 1 N–H and O–H groups in total. The third-order valence-electron chi connectivity index (χ3n) is 5.78. The largest absolute Gasteiger partial charge is 0.507 e. The number of methoxy groups -OCH3 is 2. The monoisotopic (exact) mass is 478 g/mol. The van der Waals surface area contributed by atoms with Gasteiger partial charge in [-0.2, -0.15) is 0 Å². The fraction of sp³-hybridized carbons (Fsp3) is 0.269. The molecule has 4 rings (SSSR count). The van der Waals surface area contributed by atoms with Crippen molar-refractivity contribution < 1.29 is 33.4 Å². The fourth-order valence-electron chi connectivity index (χ4n) is 4.16. The highest BCUT2D eigenvalue weighted by atomic mass is 16.5. The molecule has 0 saturated carbocycles. The topological polar surface area (TPSA) is 111 Å². The molecule has 0 bridgehead atoms. The van der Waals surface area contributed by atoms with Crippen molar-refractivity contribution in [1.82, 2.24) is 5.16 Å². The lowest BCUT2D eigenvalue weighted by Crippen LogP contribution is -2.29. The van der Waals surface area contributed by atoms with E-state index in [1.54, 1.807) is 56.5 Å². The van der Waals surface area contributed by atoms with Crippen LogP contribution in [0, 0.1) is 13.8 Å². The van der Waals surface area contributed by atoms with Crippen molar-refractivity contribution in [3.63, 3.8) is 0 Å². The van der Waals surface area contributed by atoms with Crippen molar-refractivity contribution in [3.05, 3.63) is 70.5 Å². The first kappa shape index (κ1) is 23.9. The second-order valence-electron chi connectivity index (χ2n) is 7.99. The first-order chi connectivity index (χ1) is 16.8. The Morgan fingerprint density at radius 2 is 1.74 bits per heavy atom. The number of aromatic nitrogens is 1. The van der Waals surface area contributed by atoms with E-state index in [0.717, 1.165) is 5.56 Å². The summed E-state index contributed by atoms with van der Waals surface area (Å²) in [4.78, 5) is 27.7. The van der Waals surface area contributed by atoms with Gasteiger partial charge in [0.2, 0.25) is 0 Å². The molecule has 1 fully saturated rings. The third kappa shape index (κ3) is 4.21. The summed E-state index contributed by atoms with van der Waals surface area (Å²) in [5.41, 5.74) is 1.58. The molecule has 0 radical (unpaired) electrons. The highest BCUT2D eigenvalue weighted by Gasteiger charge is 2.48. The molecule has 2 aromatic carbocycles. The van der Waals surface area contributed by atoms with Crippen LogP contribution in [-0.2, 0) is 9.59 Å². The van der Waals surface area contributed by atoms with Crippen molar-refractivity contribution in [1.29, 1.82) is 0 Å². The lowest BCUT2D eigenvalue weighted by Gasteiger charge is -2.23. The summed E-state index contributed by atoms with van der Waals surface area (Å²) >= 11 is 0. The molecule has 1 amide bonds. The molecule has 1 aliphatic rings. The van der Waals surface area contributed by atoms with E-state index < -0.39 is 17.7 Å². The van der Waals surface area contributed by atoms with Crippen LogP contribution in [0.15, 0.2) is 52.6 Å². The Balaban J connectivity index is 1.94. The second kappa shape index (κ2) is 9.54. The van der Waals surface area contributed by atoms with Crippen molar-refractivity contribution in [3.8, 4) is 17.2 Å². The van der Waals surface area contributed by atoms with Gasteiger partial charge in [0, 0.05) is 11.6 Å². The maximum Gasteiger partial charge on any atom is 0.301 e. The lowest BCUT2D eigenvalue weighted by atomic mass is 9.94. The fourth-order valence-corrected chi connectivity index (χ4v) is 4.16. The van der Waals surface area contributed by atoms with E-state index in [1.807, 2.05) is 13.8 Å². The summed E-state index contributed by atoms with van der Waals surface area (Å²) in [6.07, 6.45) is 0. The number of hydrogen-bond donors (Lipinski definition) is 1. The molecule has 9 heteroatoms. The van der Waals surface area contributed by atoms with Crippen LogP contribution in [0.3, 0.4) is 0 Å². The minimum Gasteiger partial charge on any atom is -0.507 e. The van der Waals surface area contributed by atoms with Gasteiger partial charge in [0.25, 0.3) is 5.78 Å². The van der Waals surface area contributed by atoms with Gasteiger partial charge in [-0.05, 0) is 62.2 Å². The molecule has 1 atom stereocenters. The van der Waals surface area contributed by atoms with Crippen LogP contribution in [0.1, 0.15) is 35.4 Å². The van der Waals surface area contributed by atoms with E-state index in [0.29, 0.717) is 40.7 Å². The van der Waals surface area contributed by atoms with E-state index in [2.05, 4.69) is 5.16 Å². The first-order valence-corrected chi connectivity index (χ1v) is 11.0. The maximum absolute atomic E-state index is 13.3. The summed E-state index contributed by atoms with van der Waals surface area (Å²) < 4.78 is 21.6. The minimum absolute atomic E-state index is 0.0774. The summed E-state index contributed by atoms with van der Waals surface area (Å²) in [5, 5.41) is 15.3. The van der Waals surface area contributed by atoms with E-state index in [4.69, 9.17) is 18.7 Å². The number of hydrogen-bond acceptors (Lipinski definition) is 8. The number of ether oxygens (including phenoxy) is 3. The van der Waals surface area contributed by atoms with Crippen molar-refractivity contribution >= 4 is 23.3 Å². The first-order valence-electron chi connectivity index (χ1n) is 11.0. The van der Waals surface area contributed by atoms with Crippen molar-refractivity contribution in [2.75, 3.05) is 25.7 Å². The zero-order valence-corrected chi connectivity index (χ0v) is 20.1. The molecule has 3 aromatic rings. The highest BCUT2D eigenvalue weighted by Crippen LogP contribution is 2.44. The van der Waals surface area contributed by atoms with Crippen LogP contribution < -0.4 is 19.1 Å². The number of anilines is 1. The average Bonchev–Trinajstić information content (AvgIpc) is 3.39. The molecule has 0 aliphatic carbocycles. The summed E-state index contributed by atoms with van der Waals surface area (Å²) in [7, 11) is 3.05. The lowest BCUT2D eigenvalue weighted by molar-refractivity contribution is -0.132. The van der Waals surface area contributed by atoms with E-state index in [1.165, 1.54) is 12.0 Å². The van der Waals surface area contributed by atoms with Crippen LogP contribution in [0.25, 0.3) is 5.76 Å². The average molecular weight is 479 g/mol. The smallest absolute Gasteiger partial charge is 0.301 e. The molecular weight excluding hydrogens is 452 g/mol. The molecule has 35 heavy (non-hydrogen) atoms. The standard InChI is InChI=1S/C26H26N2O7/c1-6-34-19-10-7-16(13-20(19)33-5)23-22(24(29)17-8-9-18(32-4)14(2)11-17)25(30)26(31)28(23)21-12-15(3)35-27-21/h7-13,23,29H,6H2,1-5H3. The van der Waals surface area contributed by atoms with Gasteiger partial charge in [-0.15, -0.1) is 0 Å². The number of aryl methyl sites for hydroxylation is 2. The Labute approximate surface area is 202 Å².